The number of nitrogens with one attached hydrogen (secondary N) is 1. The molecule has 2 aromatic rings. The van der Waals surface area contributed by atoms with Crippen LogP contribution in [0.1, 0.15) is 63.9 Å². The zero-order valence-electron chi connectivity index (χ0n) is 19.1. The van der Waals surface area contributed by atoms with Crippen LogP contribution in [0.3, 0.4) is 0 Å². The Balaban J connectivity index is 1.38. The number of pyridine rings is 1. The van der Waals surface area contributed by atoms with Crippen LogP contribution in [0.5, 0.6) is 0 Å². The molecule has 1 aromatic carbocycles. The number of halogens is 1. The number of allylic oxidation sites excluding steroid dienone is 2. The summed E-state index contributed by atoms with van der Waals surface area (Å²) in [6, 6.07) is 7.92. The molecule has 0 aliphatic heterocycles. The molecule has 0 radical (unpaired) electrons. The maximum atomic E-state index is 12.3. The summed E-state index contributed by atoms with van der Waals surface area (Å²) in [6.07, 6.45) is 12.6. The molecule has 4 nitrogen and oxygen atoms in total. The van der Waals surface area contributed by atoms with E-state index in [4.69, 9.17) is 11.6 Å². The molecule has 0 amide bonds. The third kappa shape index (κ3) is 3.14. The van der Waals surface area contributed by atoms with Gasteiger partial charge in [-0.3, -0.25) is 4.79 Å². The van der Waals surface area contributed by atoms with E-state index >= 15 is 0 Å². The fraction of sp³-hybridized carbons (Fsp3) is 0.536. The predicted molar refractivity (Wildman–Crippen MR) is 132 cm³/mol. The quantitative estimate of drug-likeness (QED) is 0.394. The Hall–Kier alpha value is -1.88. The maximum absolute atomic E-state index is 12.3. The van der Waals surface area contributed by atoms with Crippen molar-refractivity contribution >= 4 is 27.9 Å². The summed E-state index contributed by atoms with van der Waals surface area (Å²) in [5.74, 6) is 0.487. The van der Waals surface area contributed by atoms with E-state index in [0.29, 0.717) is 18.8 Å². The molecule has 1 aromatic heterocycles. The van der Waals surface area contributed by atoms with Crippen molar-refractivity contribution in [3.05, 3.63) is 64.1 Å². The van der Waals surface area contributed by atoms with Crippen molar-refractivity contribution in [3.8, 4) is 0 Å². The van der Waals surface area contributed by atoms with Crippen LogP contribution in [0.2, 0.25) is 0 Å². The van der Waals surface area contributed by atoms with Gasteiger partial charge in [0.2, 0.25) is 5.56 Å². The van der Waals surface area contributed by atoms with Crippen molar-refractivity contribution in [1.29, 1.82) is 0 Å². The summed E-state index contributed by atoms with van der Waals surface area (Å²) >= 11 is 7.34. The van der Waals surface area contributed by atoms with E-state index in [1.165, 1.54) is 11.1 Å². The molecule has 5 unspecified atom stereocenters. The van der Waals surface area contributed by atoms with Crippen LogP contribution in [0, 0.1) is 17.3 Å². The molecule has 0 spiro atoms. The highest BCUT2D eigenvalue weighted by atomic mass is 35.5. The SMILES string of the molecule is CC12CCC3(Cl)C=C4CC(O)CCC4CC[C@]3(O)C1CC=C2c1ccc2cc(=O)[nH]cc2c1. The van der Waals surface area contributed by atoms with Crippen LogP contribution in [-0.2, 0) is 0 Å². The number of aliphatic hydroxyl groups excluding tert-OH is 1. The van der Waals surface area contributed by atoms with E-state index in [-0.39, 0.29) is 23.0 Å². The number of rotatable bonds is 1. The molecule has 4 aliphatic rings. The van der Waals surface area contributed by atoms with Crippen molar-refractivity contribution in [3.63, 3.8) is 0 Å². The van der Waals surface area contributed by atoms with Gasteiger partial charge in [0.15, 0.2) is 0 Å². The topological polar surface area (TPSA) is 73.3 Å². The molecule has 2 saturated carbocycles. The van der Waals surface area contributed by atoms with Crippen LogP contribution >= 0.6 is 11.6 Å². The summed E-state index contributed by atoms with van der Waals surface area (Å²) < 4.78 is 0. The molecule has 2 fully saturated rings. The number of fused-ring (bicyclic) bond motifs is 5. The van der Waals surface area contributed by atoms with Gasteiger partial charge in [-0.25, -0.2) is 0 Å². The average Bonchev–Trinajstić information content (AvgIpc) is 3.09. The molecule has 4 aliphatic carbocycles. The van der Waals surface area contributed by atoms with E-state index in [9.17, 15) is 15.0 Å². The third-order valence-corrected chi connectivity index (χ3v) is 10.1. The van der Waals surface area contributed by atoms with E-state index in [0.717, 1.165) is 54.9 Å². The van der Waals surface area contributed by atoms with Gasteiger partial charge in [0.05, 0.1) is 16.6 Å². The van der Waals surface area contributed by atoms with Gasteiger partial charge in [-0.05, 0) is 90.7 Å². The summed E-state index contributed by atoms with van der Waals surface area (Å²) in [6.45, 7) is 2.30. The smallest absolute Gasteiger partial charge is 0.248 e. The number of aromatic nitrogens is 1. The number of hydrogen-bond donors (Lipinski definition) is 3. The van der Waals surface area contributed by atoms with Crippen molar-refractivity contribution in [2.24, 2.45) is 17.3 Å². The van der Waals surface area contributed by atoms with Gasteiger partial charge in [0, 0.05) is 18.2 Å². The van der Waals surface area contributed by atoms with Crippen LogP contribution in [-0.4, -0.2) is 31.8 Å². The molecule has 6 atom stereocenters. The maximum Gasteiger partial charge on any atom is 0.248 e. The van der Waals surface area contributed by atoms with Gasteiger partial charge in [0.25, 0.3) is 0 Å². The van der Waals surface area contributed by atoms with Gasteiger partial charge in [-0.2, -0.15) is 0 Å². The Morgan fingerprint density at radius 1 is 1.09 bits per heavy atom. The Labute approximate surface area is 199 Å². The Morgan fingerprint density at radius 2 is 1.94 bits per heavy atom. The van der Waals surface area contributed by atoms with Crippen LogP contribution in [0.15, 0.2) is 53.0 Å². The first-order valence-electron chi connectivity index (χ1n) is 12.4. The standard InChI is InChI=1S/C28H32ClNO3/c1-26-10-11-27(29)15-20-13-22(31)5-4-17(20)8-9-28(27,33)24(26)7-6-23(26)19-3-2-18-14-25(32)30-16-21(18)12-19/h2-3,6,12,14-17,22,24,31,33H,4-5,7-11,13H2,1H3,(H,30,32)/t17?,22?,24?,26?,27?,28-/m0/s1. The van der Waals surface area contributed by atoms with E-state index in [1.54, 1.807) is 12.3 Å². The van der Waals surface area contributed by atoms with Gasteiger partial charge in [-0.1, -0.05) is 36.8 Å². The number of benzene rings is 1. The van der Waals surface area contributed by atoms with E-state index < -0.39 is 10.5 Å². The van der Waals surface area contributed by atoms with E-state index in [1.807, 2.05) is 6.07 Å². The second-order valence-electron chi connectivity index (χ2n) is 11.1. The van der Waals surface area contributed by atoms with Gasteiger partial charge >= 0.3 is 0 Å². The highest BCUT2D eigenvalue weighted by Gasteiger charge is 2.64. The molecule has 1 heterocycles. The first-order chi connectivity index (χ1) is 15.7. The zero-order valence-corrected chi connectivity index (χ0v) is 19.9. The first-order valence-corrected chi connectivity index (χ1v) is 12.7. The van der Waals surface area contributed by atoms with E-state index in [2.05, 4.69) is 36.2 Å². The molecule has 0 bridgehead atoms. The largest absolute Gasteiger partial charge is 0.393 e. The average molecular weight is 466 g/mol. The second-order valence-corrected chi connectivity index (χ2v) is 11.8. The summed E-state index contributed by atoms with van der Waals surface area (Å²) in [4.78, 5) is 13.7. The van der Waals surface area contributed by atoms with Gasteiger partial charge in [0.1, 0.15) is 0 Å². The first kappa shape index (κ1) is 21.6. The molecule has 174 valence electrons. The lowest BCUT2D eigenvalue weighted by molar-refractivity contribution is -0.106. The van der Waals surface area contributed by atoms with Crippen molar-refractivity contribution in [2.45, 2.75) is 74.9 Å². The molecule has 5 heteroatoms. The van der Waals surface area contributed by atoms with Crippen LogP contribution in [0.4, 0.5) is 0 Å². The van der Waals surface area contributed by atoms with Crippen molar-refractivity contribution in [1.82, 2.24) is 4.98 Å². The summed E-state index contributed by atoms with van der Waals surface area (Å²) in [5, 5.41) is 24.5. The molecule has 0 saturated heterocycles. The summed E-state index contributed by atoms with van der Waals surface area (Å²) in [5.41, 5.74) is 2.49. The minimum atomic E-state index is -0.975. The molecule has 3 N–H and O–H groups in total. The third-order valence-electron chi connectivity index (χ3n) is 9.43. The minimum Gasteiger partial charge on any atom is -0.393 e. The van der Waals surface area contributed by atoms with Gasteiger partial charge in [-0.15, -0.1) is 11.6 Å². The lowest BCUT2D eigenvalue weighted by Crippen LogP contribution is -2.61. The Morgan fingerprint density at radius 3 is 2.79 bits per heavy atom. The lowest BCUT2D eigenvalue weighted by atomic mass is 9.54. The van der Waals surface area contributed by atoms with Crippen molar-refractivity contribution in [2.75, 3.05) is 0 Å². The van der Waals surface area contributed by atoms with Crippen LogP contribution < -0.4 is 5.56 Å². The van der Waals surface area contributed by atoms with Crippen LogP contribution in [0.25, 0.3) is 16.3 Å². The monoisotopic (exact) mass is 465 g/mol. The molecule has 6 rings (SSSR count). The predicted octanol–water partition coefficient (Wildman–Crippen LogP) is 5.32. The number of aromatic amines is 1. The number of H-pyrrole nitrogens is 1. The highest BCUT2D eigenvalue weighted by molar-refractivity contribution is 6.26. The molecular formula is C28H32ClNO3. The lowest BCUT2D eigenvalue weighted by Gasteiger charge is -2.56. The Kier molecular flexibility index (Phi) is 4.79. The highest BCUT2D eigenvalue weighted by Crippen LogP contribution is 2.65. The number of aliphatic hydroxyl groups is 2. The minimum absolute atomic E-state index is 0.0550. The summed E-state index contributed by atoms with van der Waals surface area (Å²) in [7, 11) is 0. The molecule has 33 heavy (non-hydrogen) atoms. The number of alkyl halides is 1. The Bertz CT molecular complexity index is 1250. The van der Waals surface area contributed by atoms with Gasteiger partial charge < -0.3 is 15.2 Å². The zero-order chi connectivity index (χ0) is 23.0. The fourth-order valence-electron chi connectivity index (χ4n) is 7.57. The normalized spacial score (nSPS) is 40.3. The number of hydrogen-bond acceptors (Lipinski definition) is 3. The second kappa shape index (κ2) is 7.31. The fourth-order valence-corrected chi connectivity index (χ4v) is 8.03. The van der Waals surface area contributed by atoms with Crippen molar-refractivity contribution < 1.29 is 10.2 Å². The molecular weight excluding hydrogens is 434 g/mol.